The van der Waals surface area contributed by atoms with E-state index in [0.717, 1.165) is 6.42 Å². The molecule has 8 nitrogen and oxygen atoms in total. The number of esters is 1. The Balaban J connectivity index is 1.86. The van der Waals surface area contributed by atoms with Crippen molar-refractivity contribution in [3.8, 4) is 11.5 Å². The van der Waals surface area contributed by atoms with E-state index in [2.05, 4.69) is 5.32 Å². The summed E-state index contributed by atoms with van der Waals surface area (Å²) in [6.07, 6.45) is 0.377. The van der Waals surface area contributed by atoms with Gasteiger partial charge in [0.25, 0.3) is 5.91 Å². The monoisotopic (exact) mass is 399 g/mol. The average molecular weight is 399 g/mol. The van der Waals surface area contributed by atoms with Crippen LogP contribution in [0.3, 0.4) is 0 Å². The molecule has 0 radical (unpaired) electrons. The molecule has 0 saturated heterocycles. The smallest absolute Gasteiger partial charge is 0.307 e. The first-order valence-electron chi connectivity index (χ1n) is 8.72. The molecule has 0 unspecified atom stereocenters. The van der Waals surface area contributed by atoms with Crippen molar-refractivity contribution in [2.75, 3.05) is 25.6 Å². The SMILES string of the molecule is CCC(C)(C)NC(=O)COC(=O)CCS(=O)(=O)c1ccc2c(c1)OCCO2. The molecule has 0 aliphatic carbocycles. The molecule has 0 fully saturated rings. The van der Waals surface area contributed by atoms with Crippen LogP contribution in [0.1, 0.15) is 33.6 Å². The van der Waals surface area contributed by atoms with Gasteiger partial charge in [0.2, 0.25) is 0 Å². The van der Waals surface area contributed by atoms with Crippen molar-refractivity contribution >= 4 is 21.7 Å². The van der Waals surface area contributed by atoms with Crippen LogP contribution in [0.25, 0.3) is 0 Å². The van der Waals surface area contributed by atoms with Crippen molar-refractivity contribution in [3.05, 3.63) is 18.2 Å². The Kier molecular flexibility index (Phi) is 6.69. The first-order chi connectivity index (χ1) is 12.6. The van der Waals surface area contributed by atoms with Crippen molar-refractivity contribution in [2.45, 2.75) is 44.0 Å². The summed E-state index contributed by atoms with van der Waals surface area (Å²) in [6, 6.07) is 4.32. The van der Waals surface area contributed by atoms with E-state index >= 15 is 0 Å². The Labute approximate surface area is 159 Å². The van der Waals surface area contributed by atoms with Gasteiger partial charge >= 0.3 is 5.97 Å². The van der Waals surface area contributed by atoms with Crippen molar-refractivity contribution in [1.29, 1.82) is 0 Å². The maximum atomic E-state index is 12.4. The predicted molar refractivity (Wildman–Crippen MR) is 97.6 cm³/mol. The van der Waals surface area contributed by atoms with Crippen LogP contribution in [-0.2, 0) is 24.2 Å². The Bertz CT molecular complexity index is 802. The number of fused-ring (bicyclic) bond motifs is 1. The highest BCUT2D eigenvalue weighted by molar-refractivity contribution is 7.91. The zero-order valence-corrected chi connectivity index (χ0v) is 16.6. The molecule has 1 amide bonds. The molecule has 9 heteroatoms. The van der Waals surface area contributed by atoms with E-state index in [1.807, 2.05) is 20.8 Å². The molecule has 0 bridgehead atoms. The second-order valence-corrected chi connectivity index (χ2v) is 8.93. The number of hydrogen-bond donors (Lipinski definition) is 1. The number of ether oxygens (including phenoxy) is 3. The van der Waals surface area contributed by atoms with Crippen LogP contribution in [0.2, 0.25) is 0 Å². The van der Waals surface area contributed by atoms with E-state index in [9.17, 15) is 18.0 Å². The third-order valence-corrected chi connectivity index (χ3v) is 5.89. The summed E-state index contributed by atoms with van der Waals surface area (Å²) in [7, 11) is -3.70. The van der Waals surface area contributed by atoms with Gasteiger partial charge in [0.15, 0.2) is 27.9 Å². The number of benzene rings is 1. The highest BCUT2D eigenvalue weighted by Gasteiger charge is 2.22. The Morgan fingerprint density at radius 2 is 1.85 bits per heavy atom. The van der Waals surface area contributed by atoms with Crippen molar-refractivity contribution in [2.24, 2.45) is 0 Å². The van der Waals surface area contributed by atoms with Gasteiger partial charge < -0.3 is 19.5 Å². The summed E-state index contributed by atoms with van der Waals surface area (Å²) in [5.74, 6) is -0.751. The summed E-state index contributed by atoms with van der Waals surface area (Å²) < 4.78 is 40.4. The third kappa shape index (κ3) is 6.13. The zero-order chi connectivity index (χ0) is 20.1. The van der Waals surface area contributed by atoms with E-state index < -0.39 is 39.6 Å². The number of carbonyl (C=O) groups is 2. The maximum absolute atomic E-state index is 12.4. The van der Waals surface area contributed by atoms with Crippen LogP contribution in [0.15, 0.2) is 23.1 Å². The number of carbonyl (C=O) groups excluding carboxylic acids is 2. The summed E-state index contributed by atoms with van der Waals surface area (Å²) >= 11 is 0. The fourth-order valence-electron chi connectivity index (χ4n) is 2.27. The van der Waals surface area contributed by atoms with Gasteiger partial charge in [-0.3, -0.25) is 9.59 Å². The molecular formula is C18H25NO7S. The van der Waals surface area contributed by atoms with Crippen molar-refractivity contribution < 1.29 is 32.2 Å². The lowest BCUT2D eigenvalue weighted by molar-refractivity contribution is -0.148. The Morgan fingerprint density at radius 3 is 2.52 bits per heavy atom. The molecule has 1 aliphatic rings. The number of amides is 1. The third-order valence-electron chi connectivity index (χ3n) is 4.17. The Morgan fingerprint density at radius 1 is 1.19 bits per heavy atom. The van der Waals surface area contributed by atoms with Gasteiger partial charge in [-0.15, -0.1) is 0 Å². The second-order valence-electron chi connectivity index (χ2n) is 6.82. The average Bonchev–Trinajstić information content (AvgIpc) is 2.64. The van der Waals surface area contributed by atoms with E-state index in [-0.39, 0.29) is 11.3 Å². The molecule has 1 N–H and O–H groups in total. The lowest BCUT2D eigenvalue weighted by Gasteiger charge is -2.24. The van der Waals surface area contributed by atoms with Crippen LogP contribution in [0, 0.1) is 0 Å². The zero-order valence-electron chi connectivity index (χ0n) is 15.7. The van der Waals surface area contributed by atoms with Gasteiger partial charge in [-0.25, -0.2) is 8.42 Å². The summed E-state index contributed by atoms with van der Waals surface area (Å²) in [4.78, 5) is 23.6. The van der Waals surface area contributed by atoms with E-state index in [0.29, 0.717) is 24.7 Å². The molecule has 0 atom stereocenters. The number of hydrogen-bond acceptors (Lipinski definition) is 7. The summed E-state index contributed by atoms with van der Waals surface area (Å²) in [5.41, 5.74) is -0.398. The normalized spacial score (nSPS) is 13.7. The first kappa shape index (κ1) is 21.0. The summed E-state index contributed by atoms with van der Waals surface area (Å²) in [5, 5.41) is 2.73. The number of nitrogens with one attached hydrogen (secondary N) is 1. The fourth-order valence-corrected chi connectivity index (χ4v) is 3.51. The highest BCUT2D eigenvalue weighted by Crippen LogP contribution is 2.32. The van der Waals surface area contributed by atoms with E-state index in [1.54, 1.807) is 0 Å². The van der Waals surface area contributed by atoms with E-state index in [4.69, 9.17) is 14.2 Å². The molecule has 2 rings (SSSR count). The quantitative estimate of drug-likeness (QED) is 0.660. The second kappa shape index (κ2) is 8.60. The molecule has 1 heterocycles. The molecule has 0 aromatic heterocycles. The molecule has 0 spiro atoms. The van der Waals surface area contributed by atoms with Gasteiger partial charge in [0.1, 0.15) is 13.2 Å². The highest BCUT2D eigenvalue weighted by atomic mass is 32.2. The van der Waals surface area contributed by atoms with Gasteiger partial charge in [-0.2, -0.15) is 0 Å². The minimum absolute atomic E-state index is 0.0435. The standard InChI is InChI=1S/C18H25NO7S/c1-4-18(2,3)19-16(20)12-26-17(21)7-10-27(22,23)13-5-6-14-15(11-13)25-9-8-24-14/h5-6,11H,4,7-10,12H2,1-3H3,(H,19,20). The molecule has 1 aromatic rings. The van der Waals surface area contributed by atoms with Crippen molar-refractivity contribution in [3.63, 3.8) is 0 Å². The predicted octanol–water partition coefficient (Wildman–Crippen LogP) is 1.47. The lowest BCUT2D eigenvalue weighted by Crippen LogP contribution is -2.44. The van der Waals surface area contributed by atoms with Gasteiger partial charge in [0.05, 0.1) is 17.1 Å². The first-order valence-corrected chi connectivity index (χ1v) is 10.4. The maximum Gasteiger partial charge on any atom is 0.307 e. The van der Waals surface area contributed by atoms with Gasteiger partial charge in [-0.05, 0) is 32.4 Å². The molecule has 1 aromatic carbocycles. The van der Waals surface area contributed by atoms with Gasteiger partial charge in [0, 0.05) is 11.6 Å². The van der Waals surface area contributed by atoms with Gasteiger partial charge in [-0.1, -0.05) is 6.92 Å². The molecular weight excluding hydrogens is 374 g/mol. The van der Waals surface area contributed by atoms with Crippen LogP contribution in [0.5, 0.6) is 11.5 Å². The van der Waals surface area contributed by atoms with Crippen LogP contribution >= 0.6 is 0 Å². The lowest BCUT2D eigenvalue weighted by atomic mass is 10.0. The summed E-state index contributed by atoms with van der Waals surface area (Å²) in [6.45, 7) is 5.95. The number of sulfone groups is 1. The van der Waals surface area contributed by atoms with Crippen LogP contribution < -0.4 is 14.8 Å². The molecule has 27 heavy (non-hydrogen) atoms. The molecule has 0 saturated carbocycles. The Hall–Kier alpha value is -2.29. The fraction of sp³-hybridized carbons (Fsp3) is 0.556. The topological polar surface area (TPSA) is 108 Å². The van der Waals surface area contributed by atoms with Crippen molar-refractivity contribution in [1.82, 2.24) is 5.32 Å². The van der Waals surface area contributed by atoms with Crippen LogP contribution in [0.4, 0.5) is 0 Å². The van der Waals surface area contributed by atoms with Crippen LogP contribution in [-0.4, -0.2) is 51.4 Å². The number of rotatable bonds is 8. The molecule has 150 valence electrons. The molecule has 1 aliphatic heterocycles. The van der Waals surface area contributed by atoms with E-state index in [1.165, 1.54) is 18.2 Å². The minimum Gasteiger partial charge on any atom is -0.486 e. The largest absolute Gasteiger partial charge is 0.486 e. The minimum atomic E-state index is -3.70.